The van der Waals surface area contributed by atoms with E-state index in [9.17, 15) is 22.8 Å². The van der Waals surface area contributed by atoms with Crippen LogP contribution in [0.2, 0.25) is 0 Å². The molecule has 2 heterocycles. The lowest BCUT2D eigenvalue weighted by Crippen LogP contribution is -2.48. The highest BCUT2D eigenvalue weighted by Gasteiger charge is 2.48. The maximum Gasteiger partial charge on any atom is 0.233 e. The maximum absolute atomic E-state index is 12.3. The van der Waals surface area contributed by atoms with Gasteiger partial charge in [-0.05, 0) is 26.2 Å². The van der Waals surface area contributed by atoms with E-state index in [-0.39, 0.29) is 54.0 Å². The van der Waals surface area contributed by atoms with Crippen LogP contribution in [0.1, 0.15) is 45.4 Å². The van der Waals surface area contributed by atoms with Gasteiger partial charge in [0.05, 0.1) is 28.9 Å². The van der Waals surface area contributed by atoms with Gasteiger partial charge in [0.2, 0.25) is 17.7 Å². The van der Waals surface area contributed by atoms with Crippen LogP contribution in [0.15, 0.2) is 0 Å². The van der Waals surface area contributed by atoms with Crippen molar-refractivity contribution in [1.29, 1.82) is 0 Å². The Bertz CT molecular complexity index is 650. The number of hydrogen-bond donors (Lipinski definition) is 1. The molecule has 3 rings (SSSR count). The van der Waals surface area contributed by atoms with Crippen LogP contribution in [-0.2, 0) is 24.2 Å². The van der Waals surface area contributed by atoms with Gasteiger partial charge in [0.15, 0.2) is 9.84 Å². The molecule has 0 bridgehead atoms. The third-order valence-electron chi connectivity index (χ3n) is 5.44. The van der Waals surface area contributed by atoms with Crippen molar-refractivity contribution in [3.8, 4) is 0 Å². The molecular weight excluding hydrogens is 332 g/mol. The predicted molar refractivity (Wildman–Crippen MR) is 86.6 cm³/mol. The number of nitrogens with zero attached hydrogens (tertiary/aromatic N) is 1. The fourth-order valence-electron chi connectivity index (χ4n) is 4.17. The number of sulfone groups is 1. The Kier molecular flexibility index (Phi) is 4.44. The number of hydrogen-bond acceptors (Lipinski definition) is 5. The number of carbonyl (C=O) groups is 3. The Hall–Kier alpha value is -1.44. The van der Waals surface area contributed by atoms with Gasteiger partial charge in [0.25, 0.3) is 0 Å². The Morgan fingerprint density at radius 2 is 1.79 bits per heavy atom. The molecule has 7 nitrogen and oxygen atoms in total. The summed E-state index contributed by atoms with van der Waals surface area (Å²) in [7, 11) is -3.10. The van der Waals surface area contributed by atoms with Crippen LogP contribution in [0, 0.1) is 11.8 Å². The fourth-order valence-corrected chi connectivity index (χ4v) is 6.27. The second-order valence-electron chi connectivity index (χ2n) is 7.53. The summed E-state index contributed by atoms with van der Waals surface area (Å²) in [5.41, 5.74) is -0.747. The first-order valence-corrected chi connectivity index (χ1v) is 10.4. The molecule has 2 saturated heterocycles. The SMILES string of the molecule is C[C@]1(NC(=O)CCN2C(=O)[C@H]3CCCC[C@H]3C2=O)CCS(=O)(=O)C1. The largest absolute Gasteiger partial charge is 0.350 e. The minimum absolute atomic E-state index is 0.0204. The zero-order valence-corrected chi connectivity index (χ0v) is 14.7. The number of imide groups is 1. The minimum atomic E-state index is -3.10. The number of rotatable bonds is 4. The number of fused-ring (bicyclic) bond motifs is 1. The molecule has 0 aromatic carbocycles. The van der Waals surface area contributed by atoms with Gasteiger partial charge < -0.3 is 5.32 Å². The van der Waals surface area contributed by atoms with Gasteiger partial charge in [-0.2, -0.15) is 0 Å². The molecule has 0 aromatic heterocycles. The summed E-state index contributed by atoms with van der Waals surface area (Å²) in [6.07, 6.45) is 3.88. The van der Waals surface area contributed by atoms with E-state index in [0.717, 1.165) is 25.7 Å². The summed E-state index contributed by atoms with van der Waals surface area (Å²) in [4.78, 5) is 38.1. The molecule has 0 spiro atoms. The highest BCUT2D eigenvalue weighted by atomic mass is 32.2. The number of carbonyl (C=O) groups excluding carboxylic acids is 3. The zero-order valence-electron chi connectivity index (χ0n) is 13.9. The quantitative estimate of drug-likeness (QED) is 0.728. The summed E-state index contributed by atoms with van der Waals surface area (Å²) < 4.78 is 23.2. The van der Waals surface area contributed by atoms with Crippen LogP contribution < -0.4 is 5.32 Å². The van der Waals surface area contributed by atoms with Crippen molar-refractivity contribution >= 4 is 27.6 Å². The summed E-state index contributed by atoms with van der Waals surface area (Å²) in [6.45, 7) is 1.80. The smallest absolute Gasteiger partial charge is 0.233 e. The maximum atomic E-state index is 12.3. The standard InChI is InChI=1S/C16H24N2O5S/c1-16(7-9-24(22,23)10-16)17-13(19)6-8-18-14(20)11-4-2-3-5-12(11)15(18)21/h11-12H,2-10H2,1H3,(H,17,19)/t11-,12+,16-/m0/s1. The molecule has 3 aliphatic rings. The molecule has 0 aromatic rings. The second-order valence-corrected chi connectivity index (χ2v) is 9.71. The van der Waals surface area contributed by atoms with Crippen LogP contribution in [0.3, 0.4) is 0 Å². The van der Waals surface area contributed by atoms with Gasteiger partial charge in [-0.3, -0.25) is 19.3 Å². The van der Waals surface area contributed by atoms with Crippen molar-refractivity contribution in [2.75, 3.05) is 18.1 Å². The molecule has 0 unspecified atom stereocenters. The molecule has 2 aliphatic heterocycles. The highest BCUT2D eigenvalue weighted by Crippen LogP contribution is 2.38. The predicted octanol–water partition coefficient (Wildman–Crippen LogP) is 0.245. The molecule has 1 aliphatic carbocycles. The first-order valence-electron chi connectivity index (χ1n) is 8.57. The van der Waals surface area contributed by atoms with Crippen LogP contribution in [-0.4, -0.2) is 54.6 Å². The molecule has 3 atom stereocenters. The molecule has 24 heavy (non-hydrogen) atoms. The van der Waals surface area contributed by atoms with Gasteiger partial charge in [-0.1, -0.05) is 12.8 Å². The van der Waals surface area contributed by atoms with Crippen LogP contribution in [0.25, 0.3) is 0 Å². The minimum Gasteiger partial charge on any atom is -0.350 e. The van der Waals surface area contributed by atoms with Crippen molar-refractivity contribution in [3.05, 3.63) is 0 Å². The molecule has 0 radical (unpaired) electrons. The van der Waals surface area contributed by atoms with Gasteiger partial charge in [-0.15, -0.1) is 0 Å². The summed E-state index contributed by atoms with van der Waals surface area (Å²) in [6, 6.07) is 0. The van der Waals surface area contributed by atoms with E-state index in [1.54, 1.807) is 6.92 Å². The van der Waals surface area contributed by atoms with E-state index in [4.69, 9.17) is 0 Å². The van der Waals surface area contributed by atoms with Crippen molar-refractivity contribution in [2.24, 2.45) is 11.8 Å². The Balaban J connectivity index is 1.55. The van der Waals surface area contributed by atoms with Crippen molar-refractivity contribution in [3.63, 3.8) is 0 Å². The second kappa shape index (κ2) is 6.13. The lowest BCUT2D eigenvalue weighted by Gasteiger charge is -2.24. The average Bonchev–Trinajstić information content (AvgIpc) is 2.92. The lowest BCUT2D eigenvalue weighted by molar-refractivity contribution is -0.140. The lowest BCUT2D eigenvalue weighted by atomic mass is 9.81. The van der Waals surface area contributed by atoms with E-state index < -0.39 is 15.4 Å². The van der Waals surface area contributed by atoms with Gasteiger partial charge >= 0.3 is 0 Å². The Labute approximate surface area is 142 Å². The first kappa shape index (κ1) is 17.4. The summed E-state index contributed by atoms with van der Waals surface area (Å²) in [5.74, 6) is -0.990. The Morgan fingerprint density at radius 1 is 1.21 bits per heavy atom. The van der Waals surface area contributed by atoms with Crippen molar-refractivity contribution < 1.29 is 22.8 Å². The van der Waals surface area contributed by atoms with Gasteiger partial charge in [0, 0.05) is 13.0 Å². The van der Waals surface area contributed by atoms with E-state index in [1.807, 2.05) is 0 Å². The topological polar surface area (TPSA) is 101 Å². The molecule has 1 N–H and O–H groups in total. The average molecular weight is 356 g/mol. The number of amides is 3. The van der Waals surface area contributed by atoms with E-state index in [1.165, 1.54) is 4.90 Å². The third kappa shape index (κ3) is 3.34. The van der Waals surface area contributed by atoms with Gasteiger partial charge in [-0.25, -0.2) is 8.42 Å². The molecule has 3 fully saturated rings. The highest BCUT2D eigenvalue weighted by molar-refractivity contribution is 7.91. The molecule has 8 heteroatoms. The number of likely N-dealkylation sites (tertiary alicyclic amines) is 1. The molecule has 3 amide bonds. The monoisotopic (exact) mass is 356 g/mol. The van der Waals surface area contributed by atoms with Crippen molar-refractivity contribution in [2.45, 2.75) is 51.0 Å². The Morgan fingerprint density at radius 3 is 2.29 bits per heavy atom. The van der Waals surface area contributed by atoms with Crippen LogP contribution in [0.5, 0.6) is 0 Å². The number of nitrogens with one attached hydrogen (secondary N) is 1. The third-order valence-corrected chi connectivity index (χ3v) is 7.34. The van der Waals surface area contributed by atoms with E-state index >= 15 is 0 Å². The zero-order chi connectivity index (χ0) is 17.5. The van der Waals surface area contributed by atoms with Gasteiger partial charge in [0.1, 0.15) is 0 Å². The van der Waals surface area contributed by atoms with E-state index in [2.05, 4.69) is 5.32 Å². The van der Waals surface area contributed by atoms with Crippen molar-refractivity contribution in [1.82, 2.24) is 10.2 Å². The first-order chi connectivity index (χ1) is 11.2. The fraction of sp³-hybridized carbons (Fsp3) is 0.812. The molecule has 134 valence electrons. The summed E-state index contributed by atoms with van der Waals surface area (Å²) >= 11 is 0. The van der Waals surface area contributed by atoms with E-state index in [0.29, 0.717) is 6.42 Å². The van der Waals surface area contributed by atoms with Crippen LogP contribution >= 0.6 is 0 Å². The normalized spacial score (nSPS) is 35.1. The summed E-state index contributed by atoms with van der Waals surface area (Å²) in [5, 5.41) is 2.76. The van der Waals surface area contributed by atoms with Crippen LogP contribution in [0.4, 0.5) is 0 Å². The molecule has 1 saturated carbocycles. The molecular formula is C16H24N2O5S.